The predicted molar refractivity (Wildman–Crippen MR) is 69.8 cm³/mol. The maximum Gasteiger partial charge on any atom is 0.258 e. The van der Waals surface area contributed by atoms with Crippen molar-refractivity contribution in [3.63, 3.8) is 0 Å². The molecule has 1 heterocycles. The first-order chi connectivity index (χ1) is 8.20. The molecule has 4 nitrogen and oxygen atoms in total. The van der Waals surface area contributed by atoms with Crippen LogP contribution in [0.5, 0.6) is 0 Å². The number of nitrogens with zero attached hydrogens (tertiary/aromatic N) is 2. The fourth-order valence-electron chi connectivity index (χ4n) is 1.31. The highest BCUT2D eigenvalue weighted by atomic mass is 79.9. The summed E-state index contributed by atoms with van der Waals surface area (Å²) in [6, 6.07) is 5.49. The molecule has 0 atom stereocenters. The maximum atomic E-state index is 5.92. The molecule has 6 heteroatoms. The molecule has 1 aromatic heterocycles. The molecule has 0 amide bonds. The highest BCUT2D eigenvalue weighted by Crippen LogP contribution is 2.27. The number of benzene rings is 1. The highest BCUT2D eigenvalue weighted by molar-refractivity contribution is 9.10. The minimum absolute atomic E-state index is 0.496. The van der Waals surface area contributed by atoms with Gasteiger partial charge in [0.2, 0.25) is 0 Å². The van der Waals surface area contributed by atoms with Gasteiger partial charge in [0.25, 0.3) is 5.89 Å². The Morgan fingerprint density at radius 1 is 1.47 bits per heavy atom. The van der Waals surface area contributed by atoms with Gasteiger partial charge in [-0.1, -0.05) is 23.7 Å². The van der Waals surface area contributed by atoms with Crippen LogP contribution in [-0.4, -0.2) is 16.7 Å². The van der Waals surface area contributed by atoms with Crippen molar-refractivity contribution in [3.05, 3.63) is 33.5 Å². The smallest absolute Gasteiger partial charge is 0.258 e. The van der Waals surface area contributed by atoms with Crippen molar-refractivity contribution in [1.29, 1.82) is 0 Å². The molecule has 1 N–H and O–H groups in total. The van der Waals surface area contributed by atoms with Crippen LogP contribution < -0.4 is 5.32 Å². The Labute approximate surface area is 112 Å². The molecule has 0 saturated heterocycles. The Kier molecular flexibility index (Phi) is 4.15. The van der Waals surface area contributed by atoms with E-state index in [1.165, 1.54) is 0 Å². The Hall–Kier alpha value is -0.910. The van der Waals surface area contributed by atoms with Gasteiger partial charge in [-0.2, -0.15) is 4.98 Å². The summed E-state index contributed by atoms with van der Waals surface area (Å²) in [4.78, 5) is 4.28. The van der Waals surface area contributed by atoms with Crippen LogP contribution in [0.25, 0.3) is 11.5 Å². The molecule has 90 valence electrons. The number of rotatable bonds is 4. The summed E-state index contributed by atoms with van der Waals surface area (Å²) in [5, 5.41) is 7.67. The number of nitrogens with one attached hydrogen (secondary N) is 1. The van der Waals surface area contributed by atoms with Gasteiger partial charge in [0.15, 0.2) is 5.82 Å². The van der Waals surface area contributed by atoms with Gasteiger partial charge < -0.3 is 9.84 Å². The van der Waals surface area contributed by atoms with E-state index in [0.29, 0.717) is 23.3 Å². The molecule has 17 heavy (non-hydrogen) atoms. The van der Waals surface area contributed by atoms with Crippen LogP contribution in [0.1, 0.15) is 12.7 Å². The normalized spacial score (nSPS) is 10.8. The number of halogens is 2. The zero-order chi connectivity index (χ0) is 12.3. The van der Waals surface area contributed by atoms with Crippen LogP contribution in [0.3, 0.4) is 0 Å². The van der Waals surface area contributed by atoms with Crippen LogP contribution in [-0.2, 0) is 6.54 Å². The van der Waals surface area contributed by atoms with Gasteiger partial charge in [-0.15, -0.1) is 0 Å². The number of hydrogen-bond donors (Lipinski definition) is 1. The third kappa shape index (κ3) is 3.06. The van der Waals surface area contributed by atoms with E-state index in [1.807, 2.05) is 19.1 Å². The minimum Gasteiger partial charge on any atom is -0.334 e. The topological polar surface area (TPSA) is 51.0 Å². The van der Waals surface area contributed by atoms with E-state index < -0.39 is 0 Å². The number of hydrogen-bond acceptors (Lipinski definition) is 4. The van der Waals surface area contributed by atoms with Crippen LogP contribution in [0.15, 0.2) is 27.2 Å². The van der Waals surface area contributed by atoms with Crippen molar-refractivity contribution in [2.75, 3.05) is 6.54 Å². The second kappa shape index (κ2) is 5.62. The third-order valence-electron chi connectivity index (χ3n) is 2.17. The van der Waals surface area contributed by atoms with Gasteiger partial charge in [-0.05, 0) is 40.7 Å². The monoisotopic (exact) mass is 315 g/mol. The first-order valence-electron chi connectivity index (χ1n) is 5.19. The van der Waals surface area contributed by atoms with Crippen LogP contribution in [0.4, 0.5) is 0 Å². The quantitative estimate of drug-likeness (QED) is 0.940. The molecule has 0 saturated carbocycles. The highest BCUT2D eigenvalue weighted by Gasteiger charge is 2.09. The summed E-state index contributed by atoms with van der Waals surface area (Å²) in [6.07, 6.45) is 0. The van der Waals surface area contributed by atoms with Gasteiger partial charge in [0, 0.05) is 10.0 Å². The lowest BCUT2D eigenvalue weighted by atomic mass is 10.2. The van der Waals surface area contributed by atoms with Crippen molar-refractivity contribution in [2.24, 2.45) is 0 Å². The molecular weight excluding hydrogens is 305 g/mol. The van der Waals surface area contributed by atoms with Crippen molar-refractivity contribution >= 4 is 27.5 Å². The molecule has 0 aliphatic carbocycles. The summed E-state index contributed by atoms with van der Waals surface area (Å²) >= 11 is 9.28. The van der Waals surface area contributed by atoms with Crippen molar-refractivity contribution in [3.8, 4) is 11.5 Å². The predicted octanol–water partition coefficient (Wildman–Crippen LogP) is 3.26. The average molecular weight is 317 g/mol. The Morgan fingerprint density at radius 2 is 2.29 bits per heavy atom. The van der Waals surface area contributed by atoms with Gasteiger partial charge in [0.1, 0.15) is 0 Å². The van der Waals surface area contributed by atoms with E-state index in [0.717, 1.165) is 16.6 Å². The molecule has 2 rings (SSSR count). The summed E-state index contributed by atoms with van der Waals surface area (Å²) in [5.74, 6) is 1.14. The Balaban J connectivity index is 2.21. The van der Waals surface area contributed by atoms with Crippen molar-refractivity contribution in [1.82, 2.24) is 15.5 Å². The SMILES string of the molecule is CCNCc1noc(-c2ccc(Cl)c(Br)c2)n1. The zero-order valence-electron chi connectivity index (χ0n) is 9.20. The van der Waals surface area contributed by atoms with Crippen LogP contribution in [0.2, 0.25) is 5.02 Å². The molecule has 0 unspecified atom stereocenters. The lowest BCUT2D eigenvalue weighted by molar-refractivity contribution is 0.420. The van der Waals surface area contributed by atoms with Gasteiger partial charge in [-0.25, -0.2) is 0 Å². The maximum absolute atomic E-state index is 5.92. The van der Waals surface area contributed by atoms with E-state index in [1.54, 1.807) is 6.07 Å². The second-order valence-electron chi connectivity index (χ2n) is 3.42. The van der Waals surface area contributed by atoms with Gasteiger partial charge >= 0.3 is 0 Å². The van der Waals surface area contributed by atoms with Gasteiger partial charge in [0.05, 0.1) is 11.6 Å². The molecular formula is C11H11BrClN3O. The lowest BCUT2D eigenvalue weighted by Crippen LogP contribution is -2.12. The molecule has 0 aliphatic rings. The summed E-state index contributed by atoms with van der Waals surface area (Å²) in [5.41, 5.74) is 0.844. The number of aromatic nitrogens is 2. The first kappa shape index (κ1) is 12.5. The van der Waals surface area contributed by atoms with Crippen LogP contribution >= 0.6 is 27.5 Å². The molecule has 0 spiro atoms. The third-order valence-corrected chi connectivity index (χ3v) is 3.38. The van der Waals surface area contributed by atoms with E-state index in [9.17, 15) is 0 Å². The van der Waals surface area contributed by atoms with Crippen molar-refractivity contribution in [2.45, 2.75) is 13.5 Å². The molecule has 0 fully saturated rings. The van der Waals surface area contributed by atoms with E-state index in [-0.39, 0.29) is 0 Å². The average Bonchev–Trinajstić information content (AvgIpc) is 2.79. The largest absolute Gasteiger partial charge is 0.334 e. The Morgan fingerprint density at radius 3 is 3.00 bits per heavy atom. The molecule has 0 bridgehead atoms. The standard InChI is InChI=1S/C11H11BrClN3O/c1-2-14-6-10-15-11(17-16-10)7-3-4-9(13)8(12)5-7/h3-5,14H,2,6H2,1H3. The zero-order valence-corrected chi connectivity index (χ0v) is 11.5. The van der Waals surface area contributed by atoms with Crippen LogP contribution in [0, 0.1) is 0 Å². The Bertz CT molecular complexity index is 515. The minimum atomic E-state index is 0.496. The molecule has 2 aromatic rings. The second-order valence-corrected chi connectivity index (χ2v) is 4.69. The lowest BCUT2D eigenvalue weighted by Gasteiger charge is -1.97. The fraction of sp³-hybridized carbons (Fsp3) is 0.273. The van der Waals surface area contributed by atoms with E-state index >= 15 is 0 Å². The first-order valence-corrected chi connectivity index (χ1v) is 6.36. The summed E-state index contributed by atoms with van der Waals surface area (Å²) in [6.45, 7) is 3.50. The summed E-state index contributed by atoms with van der Waals surface area (Å²) < 4.78 is 5.99. The van der Waals surface area contributed by atoms with E-state index in [4.69, 9.17) is 16.1 Å². The van der Waals surface area contributed by atoms with E-state index in [2.05, 4.69) is 31.4 Å². The molecule has 0 aliphatic heterocycles. The van der Waals surface area contributed by atoms with Gasteiger partial charge in [-0.3, -0.25) is 0 Å². The molecule has 0 radical (unpaired) electrons. The summed E-state index contributed by atoms with van der Waals surface area (Å²) in [7, 11) is 0. The fourth-order valence-corrected chi connectivity index (χ4v) is 1.81. The van der Waals surface area contributed by atoms with Crippen molar-refractivity contribution < 1.29 is 4.52 Å². The molecule has 1 aromatic carbocycles.